The lowest BCUT2D eigenvalue weighted by molar-refractivity contribution is 0.306. The van der Waals surface area contributed by atoms with Crippen molar-refractivity contribution in [1.82, 2.24) is 10.3 Å². The van der Waals surface area contributed by atoms with Gasteiger partial charge in [0.15, 0.2) is 6.19 Å². The van der Waals surface area contributed by atoms with E-state index in [1.54, 1.807) is 25.2 Å². The largest absolute Gasteiger partial charge is 0.494 e. The third-order valence-corrected chi connectivity index (χ3v) is 4.97. The number of nitriles is 2. The van der Waals surface area contributed by atoms with Gasteiger partial charge in [-0.25, -0.2) is 9.98 Å². The zero-order valence-electron chi connectivity index (χ0n) is 17.7. The number of hydrogen-bond donors (Lipinski definition) is 6. The number of ether oxygens (including phenoxy) is 1. The van der Waals surface area contributed by atoms with Crippen LogP contribution in [0.5, 0.6) is 5.75 Å². The molecule has 164 valence electrons. The van der Waals surface area contributed by atoms with Crippen LogP contribution < -0.4 is 32.3 Å². The third kappa shape index (κ3) is 4.23. The molecule has 3 rings (SSSR count). The van der Waals surface area contributed by atoms with E-state index < -0.39 is 13.2 Å². The Morgan fingerprint density at radius 1 is 1.31 bits per heavy atom. The number of guanidine groups is 1. The monoisotopic (exact) mass is 434 g/mol. The predicted molar refractivity (Wildman–Crippen MR) is 121 cm³/mol. The summed E-state index contributed by atoms with van der Waals surface area (Å²) in [6, 6.07) is 4.48. The Kier molecular flexibility index (Phi) is 6.69. The summed E-state index contributed by atoms with van der Waals surface area (Å²) in [4.78, 5) is 8.77. The molecule has 0 fully saturated rings. The van der Waals surface area contributed by atoms with E-state index in [2.05, 4.69) is 20.6 Å². The number of nitrogen functional groups attached to an aromatic ring is 2. The summed E-state index contributed by atoms with van der Waals surface area (Å²) < 4.78 is 5.96. The number of anilines is 3. The van der Waals surface area contributed by atoms with Crippen LogP contribution in [0.1, 0.15) is 48.1 Å². The minimum absolute atomic E-state index is 0.00552. The van der Waals surface area contributed by atoms with Crippen molar-refractivity contribution in [2.24, 2.45) is 4.99 Å². The molecule has 1 unspecified atom stereocenters. The highest BCUT2D eigenvalue weighted by atomic mass is 16.5. The summed E-state index contributed by atoms with van der Waals surface area (Å²) in [5.74, 6) is 0.493. The number of rotatable bonds is 6. The lowest BCUT2D eigenvalue weighted by Crippen LogP contribution is -2.35. The van der Waals surface area contributed by atoms with Gasteiger partial charge in [0.2, 0.25) is 5.96 Å². The molecule has 0 aliphatic carbocycles. The van der Waals surface area contributed by atoms with Gasteiger partial charge in [0.05, 0.1) is 12.3 Å². The van der Waals surface area contributed by atoms with E-state index in [0.29, 0.717) is 17.7 Å². The van der Waals surface area contributed by atoms with Crippen LogP contribution in [0.3, 0.4) is 0 Å². The van der Waals surface area contributed by atoms with Crippen molar-refractivity contribution < 1.29 is 14.8 Å². The van der Waals surface area contributed by atoms with E-state index in [0.717, 1.165) is 18.4 Å². The maximum Gasteiger partial charge on any atom is 0.492 e. The Bertz CT molecular complexity index is 1150. The number of nitrogens with one attached hydrogen (secondary N) is 2. The normalized spacial score (nSPS) is 14.3. The van der Waals surface area contributed by atoms with Gasteiger partial charge in [-0.1, -0.05) is 25.0 Å². The highest BCUT2D eigenvalue weighted by Gasteiger charge is 2.33. The number of nitrogens with two attached hydrogens (primary N) is 2. The maximum absolute atomic E-state index is 9.99. The van der Waals surface area contributed by atoms with Crippen molar-refractivity contribution in [2.75, 3.05) is 23.4 Å². The van der Waals surface area contributed by atoms with Gasteiger partial charge in [0, 0.05) is 16.6 Å². The first-order valence-corrected chi connectivity index (χ1v) is 9.94. The molecule has 1 aliphatic rings. The Morgan fingerprint density at radius 3 is 2.69 bits per heavy atom. The first kappa shape index (κ1) is 22.7. The standard InChI is InChI=1S/C20H23BN8O3/c1-3-4-5-32-17-11(6-10(2)7-13(17)21(30)31)16-14-15(24)12(8-22)18(25)28-19(14)29-20(27-16)26-9-23/h6-7,16,30-31H,3-5H2,1-2H3,(H6,24,25,26,27,28,29). The summed E-state index contributed by atoms with van der Waals surface area (Å²) in [6.07, 6.45) is 3.42. The second kappa shape index (κ2) is 9.43. The highest BCUT2D eigenvalue weighted by Crippen LogP contribution is 2.43. The number of nitrogens with zero attached hydrogens (tertiary/aromatic N) is 4. The quantitative estimate of drug-likeness (QED) is 0.158. The lowest BCUT2D eigenvalue weighted by atomic mass is 9.76. The smallest absolute Gasteiger partial charge is 0.492 e. The molecule has 0 radical (unpaired) electrons. The molecule has 12 heteroatoms. The van der Waals surface area contributed by atoms with Gasteiger partial charge in [-0.2, -0.15) is 10.5 Å². The molecule has 0 saturated heterocycles. The molecular weight excluding hydrogens is 411 g/mol. The van der Waals surface area contributed by atoms with Crippen LogP contribution >= 0.6 is 0 Å². The molecule has 1 aromatic heterocycles. The zero-order valence-corrected chi connectivity index (χ0v) is 17.7. The van der Waals surface area contributed by atoms with E-state index in [-0.39, 0.29) is 40.1 Å². The molecule has 0 saturated carbocycles. The lowest BCUT2D eigenvalue weighted by Gasteiger charge is -2.28. The molecule has 8 N–H and O–H groups in total. The van der Waals surface area contributed by atoms with Gasteiger partial charge in [-0.15, -0.1) is 0 Å². The molecule has 32 heavy (non-hydrogen) atoms. The molecule has 0 amide bonds. The molecule has 1 atom stereocenters. The molecule has 11 nitrogen and oxygen atoms in total. The number of pyridine rings is 1. The summed E-state index contributed by atoms with van der Waals surface area (Å²) >= 11 is 0. The van der Waals surface area contributed by atoms with Crippen LogP contribution in [0.25, 0.3) is 0 Å². The van der Waals surface area contributed by atoms with E-state index in [4.69, 9.17) is 21.5 Å². The molecule has 2 aromatic rings. The third-order valence-electron chi connectivity index (χ3n) is 4.97. The minimum atomic E-state index is -1.79. The van der Waals surface area contributed by atoms with Crippen molar-refractivity contribution in [2.45, 2.75) is 32.7 Å². The fourth-order valence-electron chi connectivity index (χ4n) is 3.52. The van der Waals surface area contributed by atoms with Crippen LogP contribution in [0.15, 0.2) is 17.1 Å². The van der Waals surface area contributed by atoms with Crippen LogP contribution in [0.2, 0.25) is 0 Å². The second-order valence-electron chi connectivity index (χ2n) is 7.25. The SMILES string of the molecule is CCCCOc1c(B(O)O)cc(C)cc1C1N=C(NC#N)Nc2nc(N)c(C#N)c(N)c21. The van der Waals surface area contributed by atoms with Crippen molar-refractivity contribution in [3.8, 4) is 18.0 Å². The fourth-order valence-corrected chi connectivity index (χ4v) is 3.52. The van der Waals surface area contributed by atoms with Crippen LogP contribution in [0.4, 0.5) is 17.3 Å². The number of fused-ring (bicyclic) bond motifs is 1. The molecule has 0 bridgehead atoms. The van der Waals surface area contributed by atoms with Crippen molar-refractivity contribution in [1.29, 1.82) is 10.5 Å². The Balaban J connectivity index is 2.31. The van der Waals surface area contributed by atoms with E-state index in [1.165, 1.54) is 0 Å². The Morgan fingerprint density at radius 2 is 2.06 bits per heavy atom. The van der Waals surface area contributed by atoms with Crippen LogP contribution in [-0.2, 0) is 0 Å². The predicted octanol–water partition coefficient (Wildman–Crippen LogP) is 0.226. The molecule has 0 spiro atoms. The summed E-state index contributed by atoms with van der Waals surface area (Å²) in [7, 11) is -1.79. The van der Waals surface area contributed by atoms with E-state index in [1.807, 2.05) is 13.0 Å². The first-order valence-electron chi connectivity index (χ1n) is 9.94. The van der Waals surface area contributed by atoms with Crippen LogP contribution in [-0.4, -0.2) is 34.7 Å². The Hall–Kier alpha value is -4.00. The summed E-state index contributed by atoms with van der Waals surface area (Å²) in [5.41, 5.74) is 14.0. The number of aliphatic imine (C=N–C) groups is 1. The van der Waals surface area contributed by atoms with Gasteiger partial charge in [0.1, 0.15) is 35.1 Å². The van der Waals surface area contributed by atoms with Gasteiger partial charge in [-0.05, 0) is 19.4 Å². The molecular formula is C20H23BN8O3. The zero-order chi connectivity index (χ0) is 23.4. The number of benzene rings is 1. The van der Waals surface area contributed by atoms with Crippen molar-refractivity contribution in [3.63, 3.8) is 0 Å². The number of aromatic nitrogens is 1. The molecule has 2 heterocycles. The van der Waals surface area contributed by atoms with Gasteiger partial charge in [0.25, 0.3) is 0 Å². The topological polar surface area (TPSA) is 199 Å². The van der Waals surface area contributed by atoms with E-state index >= 15 is 0 Å². The molecule has 1 aromatic carbocycles. The summed E-state index contributed by atoms with van der Waals surface area (Å²) in [5, 5.41) is 43.9. The van der Waals surface area contributed by atoms with Gasteiger partial charge >= 0.3 is 7.12 Å². The van der Waals surface area contributed by atoms with Crippen LogP contribution in [0, 0.1) is 29.7 Å². The molecule has 1 aliphatic heterocycles. The fraction of sp³-hybridized carbons (Fsp3) is 0.300. The average Bonchev–Trinajstić information content (AvgIpc) is 2.74. The summed E-state index contributed by atoms with van der Waals surface area (Å²) in [6.45, 7) is 4.14. The maximum atomic E-state index is 9.99. The minimum Gasteiger partial charge on any atom is -0.494 e. The van der Waals surface area contributed by atoms with Crippen molar-refractivity contribution >= 4 is 35.9 Å². The van der Waals surface area contributed by atoms with Gasteiger partial charge in [-0.3, -0.25) is 5.32 Å². The van der Waals surface area contributed by atoms with Gasteiger partial charge < -0.3 is 31.6 Å². The second-order valence-corrected chi connectivity index (χ2v) is 7.25. The Labute approximate surface area is 185 Å². The van der Waals surface area contributed by atoms with E-state index in [9.17, 15) is 15.3 Å². The number of aryl methyl sites for hydroxylation is 1. The van der Waals surface area contributed by atoms with Crippen molar-refractivity contribution in [3.05, 3.63) is 34.4 Å². The highest BCUT2D eigenvalue weighted by molar-refractivity contribution is 6.59. The number of hydrogen-bond acceptors (Lipinski definition) is 11. The first-order chi connectivity index (χ1) is 15.3. The average molecular weight is 434 g/mol. The number of unbranched alkanes of at least 4 members (excludes halogenated alkanes) is 1.